The van der Waals surface area contributed by atoms with Gasteiger partial charge in [-0.25, -0.2) is 0 Å². The summed E-state index contributed by atoms with van der Waals surface area (Å²) in [5.74, 6) is -0.0561. The Bertz CT molecular complexity index is 1150. The molecule has 0 aliphatic rings. The fraction of sp³-hybridized carbons (Fsp3) is 0.912. The van der Waals surface area contributed by atoms with Crippen LogP contribution in [0.5, 0.6) is 0 Å². The van der Waals surface area contributed by atoms with Crippen LogP contribution in [0.4, 0.5) is 0 Å². The van der Waals surface area contributed by atoms with Gasteiger partial charge in [0.15, 0.2) is 0 Å². The quantitative estimate of drug-likeness (QED) is 0.0320. The molecule has 0 radical (unpaired) electrons. The molecule has 0 aliphatic carbocycles. The van der Waals surface area contributed by atoms with Crippen LogP contribution in [0.3, 0.4) is 0 Å². The molecule has 0 rings (SSSR count). The molecule has 74 heavy (non-hydrogen) atoms. The van der Waals surface area contributed by atoms with E-state index in [1.54, 1.807) is 6.08 Å². The lowest BCUT2D eigenvalue weighted by Gasteiger charge is -2.20. The Balaban J connectivity index is 3.39. The zero-order valence-electron chi connectivity index (χ0n) is 50.1. The monoisotopic (exact) mass is 1040 g/mol. The number of hydrogen-bond acceptors (Lipinski definition) is 5. The van der Waals surface area contributed by atoms with Gasteiger partial charge < -0.3 is 20.3 Å². The highest BCUT2D eigenvalue weighted by atomic mass is 16.5. The predicted molar refractivity (Wildman–Crippen MR) is 324 cm³/mol. The molecule has 1 amide bonds. The number of amides is 1. The molecule has 6 nitrogen and oxygen atoms in total. The molecule has 0 heterocycles. The molecule has 0 fully saturated rings. The van der Waals surface area contributed by atoms with Gasteiger partial charge in [-0.3, -0.25) is 9.59 Å². The van der Waals surface area contributed by atoms with E-state index in [0.717, 1.165) is 44.9 Å². The molecule has 2 unspecified atom stereocenters. The third-order valence-electron chi connectivity index (χ3n) is 15.7. The Morgan fingerprint density at radius 3 is 0.959 bits per heavy atom. The molecule has 0 aromatic heterocycles. The van der Waals surface area contributed by atoms with Crippen LogP contribution in [-0.2, 0) is 14.3 Å². The summed E-state index contributed by atoms with van der Waals surface area (Å²) in [6.45, 7) is 4.93. The third-order valence-corrected chi connectivity index (χ3v) is 15.7. The average Bonchev–Trinajstić information content (AvgIpc) is 3.40. The summed E-state index contributed by atoms with van der Waals surface area (Å²) in [5.41, 5.74) is 0. The maximum atomic E-state index is 12.5. The van der Waals surface area contributed by atoms with E-state index in [1.165, 1.54) is 302 Å². The number of ether oxygens (including phenoxy) is 1. The summed E-state index contributed by atoms with van der Waals surface area (Å²) in [4.78, 5) is 24.6. The lowest BCUT2D eigenvalue weighted by molar-refractivity contribution is -0.143. The van der Waals surface area contributed by atoms with E-state index in [1.807, 2.05) is 6.08 Å². The largest absolute Gasteiger partial charge is 0.466 e. The van der Waals surface area contributed by atoms with Crippen molar-refractivity contribution in [3.63, 3.8) is 0 Å². The van der Waals surface area contributed by atoms with Crippen molar-refractivity contribution in [3.05, 3.63) is 24.3 Å². The van der Waals surface area contributed by atoms with Gasteiger partial charge in [-0.1, -0.05) is 327 Å². The molecule has 0 bridgehead atoms. The highest BCUT2D eigenvalue weighted by Crippen LogP contribution is 2.18. The normalized spacial score (nSPS) is 12.6. The summed E-state index contributed by atoms with van der Waals surface area (Å²) in [6.07, 6.45) is 79.5. The topological polar surface area (TPSA) is 95.9 Å². The highest BCUT2D eigenvalue weighted by molar-refractivity contribution is 5.76. The van der Waals surface area contributed by atoms with E-state index in [-0.39, 0.29) is 18.5 Å². The lowest BCUT2D eigenvalue weighted by atomic mass is 10.0. The van der Waals surface area contributed by atoms with Gasteiger partial charge in [-0.2, -0.15) is 0 Å². The Morgan fingerprint density at radius 1 is 0.365 bits per heavy atom. The van der Waals surface area contributed by atoms with Crippen molar-refractivity contribution >= 4 is 11.9 Å². The molecule has 0 aromatic rings. The van der Waals surface area contributed by atoms with Gasteiger partial charge in [0.05, 0.1) is 25.4 Å². The van der Waals surface area contributed by atoms with Crippen molar-refractivity contribution in [2.75, 3.05) is 13.2 Å². The number of aliphatic hydroxyl groups is 2. The Kier molecular flexibility index (Phi) is 62.4. The Hall–Kier alpha value is -1.66. The molecule has 438 valence electrons. The summed E-state index contributed by atoms with van der Waals surface area (Å²) in [7, 11) is 0. The summed E-state index contributed by atoms with van der Waals surface area (Å²) >= 11 is 0. The fourth-order valence-electron chi connectivity index (χ4n) is 10.6. The van der Waals surface area contributed by atoms with Crippen LogP contribution in [0.15, 0.2) is 24.3 Å². The predicted octanol–water partition coefficient (Wildman–Crippen LogP) is 21.4. The van der Waals surface area contributed by atoms with Crippen molar-refractivity contribution in [1.29, 1.82) is 0 Å². The minimum absolute atomic E-state index is 0.00764. The zero-order chi connectivity index (χ0) is 53.6. The van der Waals surface area contributed by atoms with Crippen LogP contribution in [0.1, 0.15) is 373 Å². The van der Waals surface area contributed by atoms with E-state index in [2.05, 4.69) is 31.3 Å². The second-order valence-corrected chi connectivity index (χ2v) is 23.2. The molecular weight excluding hydrogens is 911 g/mol. The first-order valence-corrected chi connectivity index (χ1v) is 33.6. The first-order valence-electron chi connectivity index (χ1n) is 33.6. The molecule has 0 spiro atoms. The van der Waals surface area contributed by atoms with E-state index in [9.17, 15) is 19.8 Å². The minimum atomic E-state index is -0.844. The molecule has 0 aromatic carbocycles. The van der Waals surface area contributed by atoms with Gasteiger partial charge in [0, 0.05) is 12.8 Å². The van der Waals surface area contributed by atoms with E-state index >= 15 is 0 Å². The molecule has 2 atom stereocenters. The van der Waals surface area contributed by atoms with E-state index < -0.39 is 12.1 Å². The van der Waals surface area contributed by atoms with Gasteiger partial charge in [-0.15, -0.1) is 0 Å². The average molecular weight is 1040 g/mol. The van der Waals surface area contributed by atoms with Crippen LogP contribution in [0, 0.1) is 0 Å². The van der Waals surface area contributed by atoms with Crippen LogP contribution in [0.2, 0.25) is 0 Å². The zero-order valence-corrected chi connectivity index (χ0v) is 50.1. The molecule has 0 saturated heterocycles. The van der Waals surface area contributed by atoms with Crippen LogP contribution < -0.4 is 5.32 Å². The van der Waals surface area contributed by atoms with Crippen molar-refractivity contribution in [3.8, 4) is 0 Å². The van der Waals surface area contributed by atoms with Crippen molar-refractivity contribution in [2.24, 2.45) is 0 Å². The fourth-order valence-corrected chi connectivity index (χ4v) is 10.6. The lowest BCUT2D eigenvalue weighted by Crippen LogP contribution is -2.45. The molecule has 0 aliphatic heterocycles. The van der Waals surface area contributed by atoms with Gasteiger partial charge in [0.1, 0.15) is 0 Å². The summed E-state index contributed by atoms with van der Waals surface area (Å²) < 4.78 is 5.49. The number of rotatable bonds is 63. The number of unbranched alkanes of at least 4 members (excludes halogenated alkanes) is 50. The Labute approximate surface area is 462 Å². The first-order chi connectivity index (χ1) is 36.5. The number of esters is 1. The molecule has 0 saturated carbocycles. The van der Waals surface area contributed by atoms with E-state index in [4.69, 9.17) is 4.74 Å². The van der Waals surface area contributed by atoms with Gasteiger partial charge in [-0.05, 0) is 57.8 Å². The van der Waals surface area contributed by atoms with Crippen LogP contribution >= 0.6 is 0 Å². The van der Waals surface area contributed by atoms with Crippen molar-refractivity contribution in [2.45, 2.75) is 386 Å². The number of carbonyl (C=O) groups excluding carboxylic acids is 2. The maximum absolute atomic E-state index is 12.5. The summed E-state index contributed by atoms with van der Waals surface area (Å²) in [5, 5.41) is 23.2. The first kappa shape index (κ1) is 72.3. The number of aliphatic hydroxyl groups excluding tert-OH is 2. The van der Waals surface area contributed by atoms with E-state index in [0.29, 0.717) is 19.4 Å². The summed E-state index contributed by atoms with van der Waals surface area (Å²) in [6, 6.07) is -0.627. The van der Waals surface area contributed by atoms with Crippen molar-refractivity contribution < 1.29 is 24.5 Å². The smallest absolute Gasteiger partial charge is 0.305 e. The second-order valence-electron chi connectivity index (χ2n) is 23.2. The molecular formula is C68H131NO5. The third kappa shape index (κ3) is 59.6. The highest BCUT2D eigenvalue weighted by Gasteiger charge is 2.18. The number of carbonyl (C=O) groups is 2. The SMILES string of the molecule is CCCCCCCC/C=C\CCCCCCCC(=O)OCCCCCCCCCCCCCCCCCCCCCCCCCCC(=O)NC(CO)C(O)/C=C/CCCCCCCCCCCCCCCCCC. The molecule has 6 heteroatoms. The minimum Gasteiger partial charge on any atom is -0.466 e. The number of hydrogen-bond donors (Lipinski definition) is 3. The number of allylic oxidation sites excluding steroid dienone is 3. The van der Waals surface area contributed by atoms with Crippen LogP contribution in [0.25, 0.3) is 0 Å². The maximum Gasteiger partial charge on any atom is 0.305 e. The van der Waals surface area contributed by atoms with Crippen molar-refractivity contribution in [1.82, 2.24) is 5.32 Å². The Morgan fingerprint density at radius 2 is 0.635 bits per heavy atom. The van der Waals surface area contributed by atoms with Gasteiger partial charge in [0.25, 0.3) is 0 Å². The standard InChI is InChI=1S/C68H131NO5/c1-3-5-7-9-11-13-15-17-19-20-29-33-36-40-44-48-52-56-60-66(71)65(64-70)69-67(72)61-57-53-49-45-41-37-34-30-27-25-23-21-22-24-26-28-31-35-39-43-47-51-55-59-63-74-68(73)62-58-54-50-46-42-38-32-18-16-14-12-10-8-6-4-2/h18,32,56,60,65-66,70-71H,3-17,19-31,33-55,57-59,61-64H2,1-2H3,(H,69,72)/b32-18-,60-56+. The second kappa shape index (κ2) is 63.9. The van der Waals surface area contributed by atoms with Crippen LogP contribution in [-0.4, -0.2) is 47.4 Å². The van der Waals surface area contributed by atoms with Gasteiger partial charge in [0.2, 0.25) is 5.91 Å². The molecule has 3 N–H and O–H groups in total. The van der Waals surface area contributed by atoms with Gasteiger partial charge >= 0.3 is 5.97 Å². The number of nitrogens with one attached hydrogen (secondary N) is 1.